The monoisotopic (exact) mass is 175 g/mol. The van der Waals surface area contributed by atoms with E-state index < -0.39 is 6.17 Å². The second-order valence-corrected chi connectivity index (χ2v) is 3.03. The molecule has 1 rings (SSSR count). The van der Waals surface area contributed by atoms with E-state index in [0.717, 1.165) is 6.54 Å². The first-order chi connectivity index (χ1) is 5.68. The van der Waals surface area contributed by atoms with Gasteiger partial charge in [0.2, 0.25) is 0 Å². The maximum atomic E-state index is 12.6. The number of alkyl halides is 1. The molecule has 0 saturated carbocycles. The summed E-state index contributed by atoms with van der Waals surface area (Å²) in [5.74, 6) is -0.272. The second-order valence-electron chi connectivity index (χ2n) is 3.03. The predicted octanol–water partition coefficient (Wildman–Crippen LogP) is 0.593. The third kappa shape index (κ3) is 3.17. The fourth-order valence-corrected chi connectivity index (χ4v) is 1.31. The van der Waals surface area contributed by atoms with E-state index in [1.54, 1.807) is 0 Å². The second kappa shape index (κ2) is 4.40. The Balaban J connectivity index is 2.04. The third-order valence-electron chi connectivity index (χ3n) is 1.93. The van der Waals surface area contributed by atoms with Crippen molar-refractivity contribution in [1.82, 2.24) is 4.90 Å². The molecule has 0 spiro atoms. The first kappa shape index (κ1) is 9.45. The summed E-state index contributed by atoms with van der Waals surface area (Å²) in [7, 11) is 0. The van der Waals surface area contributed by atoms with Crippen molar-refractivity contribution in [2.45, 2.75) is 19.5 Å². The van der Waals surface area contributed by atoms with Crippen LogP contribution in [0.5, 0.6) is 0 Å². The summed E-state index contributed by atoms with van der Waals surface area (Å²) in [6.45, 7) is 3.67. The summed E-state index contributed by atoms with van der Waals surface area (Å²) in [6, 6.07) is 0. The fraction of sp³-hybridized carbons (Fsp3) is 0.875. The number of ether oxygens (including phenoxy) is 1. The minimum atomic E-state index is -0.692. The Bertz CT molecular complexity index is 163. The molecule has 70 valence electrons. The Morgan fingerprint density at radius 1 is 1.75 bits per heavy atom. The van der Waals surface area contributed by atoms with Gasteiger partial charge in [-0.15, -0.1) is 0 Å². The quantitative estimate of drug-likeness (QED) is 0.588. The Kier molecular flexibility index (Phi) is 3.47. The lowest BCUT2D eigenvalue weighted by molar-refractivity contribution is -0.141. The molecule has 4 heteroatoms. The van der Waals surface area contributed by atoms with Crippen molar-refractivity contribution >= 4 is 5.97 Å². The first-order valence-corrected chi connectivity index (χ1v) is 4.18. The molecule has 0 aromatic carbocycles. The zero-order valence-corrected chi connectivity index (χ0v) is 7.25. The number of carbonyl (C=O) groups excluding carboxylic acids is 1. The average molecular weight is 175 g/mol. The minimum Gasteiger partial charge on any atom is -0.465 e. The number of hydrogen-bond acceptors (Lipinski definition) is 3. The summed E-state index contributed by atoms with van der Waals surface area (Å²) < 4.78 is 17.3. The van der Waals surface area contributed by atoms with E-state index in [-0.39, 0.29) is 5.97 Å². The molecule has 0 N–H and O–H groups in total. The zero-order chi connectivity index (χ0) is 8.97. The smallest absolute Gasteiger partial charge is 0.302 e. The Morgan fingerprint density at radius 2 is 2.50 bits per heavy atom. The molecule has 1 heterocycles. The van der Waals surface area contributed by atoms with Gasteiger partial charge in [0.05, 0.1) is 0 Å². The first-order valence-electron chi connectivity index (χ1n) is 4.18. The van der Waals surface area contributed by atoms with Crippen LogP contribution >= 0.6 is 0 Å². The molecule has 0 radical (unpaired) electrons. The Hall–Kier alpha value is -0.640. The Labute approximate surface area is 71.5 Å². The molecular formula is C8H14FNO2. The highest BCUT2D eigenvalue weighted by molar-refractivity contribution is 5.65. The summed E-state index contributed by atoms with van der Waals surface area (Å²) in [4.78, 5) is 12.3. The highest BCUT2D eigenvalue weighted by Crippen LogP contribution is 2.10. The van der Waals surface area contributed by atoms with Gasteiger partial charge in [-0.3, -0.25) is 9.69 Å². The van der Waals surface area contributed by atoms with E-state index in [9.17, 15) is 9.18 Å². The SMILES string of the molecule is CC(=O)OCCN1CCC(F)C1. The lowest BCUT2D eigenvalue weighted by Crippen LogP contribution is -2.26. The number of halogens is 1. The molecule has 3 nitrogen and oxygen atoms in total. The maximum absolute atomic E-state index is 12.6. The number of nitrogens with zero attached hydrogens (tertiary/aromatic N) is 1. The maximum Gasteiger partial charge on any atom is 0.302 e. The van der Waals surface area contributed by atoms with Crippen LogP contribution in [-0.2, 0) is 9.53 Å². The van der Waals surface area contributed by atoms with Gasteiger partial charge in [-0.1, -0.05) is 0 Å². The summed E-state index contributed by atoms with van der Waals surface area (Å²) >= 11 is 0. The van der Waals surface area contributed by atoms with E-state index in [1.165, 1.54) is 6.92 Å². The van der Waals surface area contributed by atoms with Gasteiger partial charge >= 0.3 is 5.97 Å². The van der Waals surface area contributed by atoms with Gasteiger partial charge in [-0.25, -0.2) is 4.39 Å². The number of esters is 1. The van der Waals surface area contributed by atoms with Crippen LogP contribution in [0.3, 0.4) is 0 Å². The van der Waals surface area contributed by atoms with Crippen LogP contribution in [0, 0.1) is 0 Å². The molecule has 1 aliphatic rings. The molecule has 1 fully saturated rings. The third-order valence-corrected chi connectivity index (χ3v) is 1.93. The van der Waals surface area contributed by atoms with Gasteiger partial charge in [-0.2, -0.15) is 0 Å². The topological polar surface area (TPSA) is 29.5 Å². The van der Waals surface area contributed by atoms with Crippen LogP contribution in [-0.4, -0.2) is 43.3 Å². The van der Waals surface area contributed by atoms with Crippen molar-refractivity contribution in [2.75, 3.05) is 26.2 Å². The molecule has 1 atom stereocenters. The lowest BCUT2D eigenvalue weighted by atomic mass is 10.3. The predicted molar refractivity (Wildman–Crippen MR) is 42.6 cm³/mol. The van der Waals surface area contributed by atoms with E-state index in [0.29, 0.717) is 26.1 Å². The highest BCUT2D eigenvalue weighted by atomic mass is 19.1. The van der Waals surface area contributed by atoms with Crippen LogP contribution in [0.2, 0.25) is 0 Å². The number of carbonyl (C=O) groups is 1. The van der Waals surface area contributed by atoms with Gasteiger partial charge in [0.25, 0.3) is 0 Å². The van der Waals surface area contributed by atoms with Crippen molar-refractivity contribution in [3.8, 4) is 0 Å². The van der Waals surface area contributed by atoms with Gasteiger partial charge in [0.1, 0.15) is 12.8 Å². The van der Waals surface area contributed by atoms with Crippen LogP contribution < -0.4 is 0 Å². The number of likely N-dealkylation sites (tertiary alicyclic amines) is 1. The molecule has 0 aromatic heterocycles. The normalized spacial score (nSPS) is 24.3. The fourth-order valence-electron chi connectivity index (χ4n) is 1.31. The van der Waals surface area contributed by atoms with Crippen molar-refractivity contribution in [1.29, 1.82) is 0 Å². The summed E-state index contributed by atoms with van der Waals surface area (Å²) in [5.41, 5.74) is 0. The van der Waals surface area contributed by atoms with Crippen LogP contribution in [0.4, 0.5) is 4.39 Å². The van der Waals surface area contributed by atoms with E-state index >= 15 is 0 Å². The van der Waals surface area contributed by atoms with Gasteiger partial charge in [0.15, 0.2) is 0 Å². The largest absolute Gasteiger partial charge is 0.465 e. The lowest BCUT2D eigenvalue weighted by Gasteiger charge is -2.13. The van der Waals surface area contributed by atoms with Crippen molar-refractivity contribution in [3.05, 3.63) is 0 Å². The summed E-state index contributed by atoms with van der Waals surface area (Å²) in [6.07, 6.45) is -0.0811. The van der Waals surface area contributed by atoms with Gasteiger partial charge in [0, 0.05) is 26.6 Å². The number of hydrogen-bond donors (Lipinski definition) is 0. The minimum absolute atomic E-state index is 0.272. The standard InChI is InChI=1S/C8H14FNO2/c1-7(11)12-5-4-10-3-2-8(9)6-10/h8H,2-6H2,1H3. The van der Waals surface area contributed by atoms with Crippen LogP contribution in [0.1, 0.15) is 13.3 Å². The van der Waals surface area contributed by atoms with Crippen molar-refractivity contribution < 1.29 is 13.9 Å². The van der Waals surface area contributed by atoms with E-state index in [4.69, 9.17) is 4.74 Å². The Morgan fingerprint density at radius 3 is 3.00 bits per heavy atom. The van der Waals surface area contributed by atoms with Crippen molar-refractivity contribution in [2.24, 2.45) is 0 Å². The number of rotatable bonds is 3. The molecule has 0 bridgehead atoms. The summed E-state index contributed by atoms with van der Waals surface area (Å²) in [5, 5.41) is 0. The molecule has 1 saturated heterocycles. The molecule has 0 aliphatic carbocycles. The molecule has 1 unspecified atom stereocenters. The van der Waals surface area contributed by atoms with Crippen LogP contribution in [0.25, 0.3) is 0 Å². The van der Waals surface area contributed by atoms with E-state index in [1.807, 2.05) is 4.90 Å². The van der Waals surface area contributed by atoms with Gasteiger partial charge < -0.3 is 4.74 Å². The van der Waals surface area contributed by atoms with E-state index in [2.05, 4.69) is 0 Å². The highest BCUT2D eigenvalue weighted by Gasteiger charge is 2.20. The van der Waals surface area contributed by atoms with Crippen molar-refractivity contribution in [3.63, 3.8) is 0 Å². The molecule has 12 heavy (non-hydrogen) atoms. The molecule has 1 aliphatic heterocycles. The molecule has 0 aromatic rings. The molecule has 0 amide bonds. The molecular weight excluding hydrogens is 161 g/mol. The zero-order valence-electron chi connectivity index (χ0n) is 7.25. The van der Waals surface area contributed by atoms with Gasteiger partial charge in [-0.05, 0) is 6.42 Å². The average Bonchev–Trinajstić information content (AvgIpc) is 2.35. The van der Waals surface area contributed by atoms with Crippen LogP contribution in [0.15, 0.2) is 0 Å².